The summed E-state index contributed by atoms with van der Waals surface area (Å²) in [5.41, 5.74) is 3.50. The van der Waals surface area contributed by atoms with E-state index < -0.39 is 5.82 Å². The zero-order chi connectivity index (χ0) is 14.3. The van der Waals surface area contributed by atoms with E-state index in [4.69, 9.17) is 17.0 Å². The van der Waals surface area contributed by atoms with Gasteiger partial charge >= 0.3 is 0 Å². The summed E-state index contributed by atoms with van der Waals surface area (Å²) in [6, 6.07) is 11.0. The fraction of sp³-hybridized carbons (Fsp3) is 0.133. The number of fused-ring (bicyclic) bond motifs is 1. The van der Waals surface area contributed by atoms with Gasteiger partial charge in [0.05, 0.1) is 23.8 Å². The number of hydrogen-bond donors (Lipinski definition) is 1. The second-order valence-corrected chi connectivity index (χ2v) is 4.94. The van der Waals surface area contributed by atoms with Crippen molar-refractivity contribution in [2.24, 2.45) is 0 Å². The van der Waals surface area contributed by atoms with Crippen LogP contribution in [0.3, 0.4) is 0 Å². The summed E-state index contributed by atoms with van der Waals surface area (Å²) in [6.45, 7) is 2.01. The summed E-state index contributed by atoms with van der Waals surface area (Å²) in [6.07, 6.45) is 0. The largest absolute Gasteiger partial charge is 0.494 e. The predicted molar refractivity (Wildman–Crippen MR) is 79.7 cm³/mol. The Morgan fingerprint density at radius 2 is 2.00 bits per heavy atom. The van der Waals surface area contributed by atoms with Gasteiger partial charge in [-0.15, -0.1) is 0 Å². The Hall–Kier alpha value is -2.14. The fourth-order valence-corrected chi connectivity index (χ4v) is 2.62. The number of nitrogens with zero attached hydrogens (tertiary/aromatic N) is 1. The monoisotopic (exact) mass is 288 g/mol. The fourth-order valence-electron chi connectivity index (χ4n) is 2.32. The van der Waals surface area contributed by atoms with E-state index in [2.05, 4.69) is 4.98 Å². The molecular weight excluding hydrogens is 275 g/mol. The highest BCUT2D eigenvalue weighted by Crippen LogP contribution is 2.27. The molecule has 0 aliphatic heterocycles. The molecule has 0 amide bonds. The van der Waals surface area contributed by atoms with Crippen LogP contribution >= 0.6 is 12.2 Å². The molecule has 0 aliphatic rings. The molecule has 0 atom stereocenters. The average molecular weight is 288 g/mol. The van der Waals surface area contributed by atoms with E-state index in [1.807, 2.05) is 35.8 Å². The van der Waals surface area contributed by atoms with Crippen LogP contribution in [0.5, 0.6) is 5.75 Å². The molecule has 2 aromatic carbocycles. The molecule has 102 valence electrons. The summed E-state index contributed by atoms with van der Waals surface area (Å²) < 4.78 is 21.2. The van der Waals surface area contributed by atoms with Gasteiger partial charge in [0.25, 0.3) is 0 Å². The molecule has 3 rings (SSSR count). The topological polar surface area (TPSA) is 29.9 Å². The number of ether oxygens (including phenoxy) is 1. The number of aromatic amines is 1. The molecule has 3 aromatic rings. The number of methoxy groups -OCH3 is 1. The van der Waals surface area contributed by atoms with E-state index in [1.165, 1.54) is 13.2 Å². The van der Waals surface area contributed by atoms with E-state index in [0.717, 1.165) is 16.8 Å². The molecule has 0 unspecified atom stereocenters. The van der Waals surface area contributed by atoms with Crippen molar-refractivity contribution in [1.29, 1.82) is 0 Å². The van der Waals surface area contributed by atoms with E-state index in [0.29, 0.717) is 10.3 Å². The lowest BCUT2D eigenvalue weighted by Gasteiger charge is -2.09. The third-order valence-corrected chi connectivity index (χ3v) is 3.60. The van der Waals surface area contributed by atoms with Gasteiger partial charge in [-0.3, -0.25) is 4.57 Å². The first-order valence-corrected chi connectivity index (χ1v) is 6.57. The molecule has 1 aromatic heterocycles. The Morgan fingerprint density at radius 1 is 1.25 bits per heavy atom. The van der Waals surface area contributed by atoms with E-state index >= 15 is 0 Å². The highest BCUT2D eigenvalue weighted by Gasteiger charge is 2.12. The molecule has 0 saturated heterocycles. The molecule has 3 nitrogen and oxygen atoms in total. The summed E-state index contributed by atoms with van der Waals surface area (Å²) in [5.74, 6) is -0.206. The van der Waals surface area contributed by atoms with Crippen LogP contribution in [-0.2, 0) is 0 Å². The smallest absolute Gasteiger partial charge is 0.182 e. The van der Waals surface area contributed by atoms with Gasteiger partial charge < -0.3 is 9.72 Å². The summed E-state index contributed by atoms with van der Waals surface area (Å²) in [7, 11) is 1.45. The maximum Gasteiger partial charge on any atom is 0.182 e. The van der Waals surface area contributed by atoms with Crippen molar-refractivity contribution in [3.8, 4) is 11.4 Å². The standard InChI is InChI=1S/C15H13FN2OS/c1-9-5-3-4-6-12(9)18-13-8-14(19-2)10(16)7-11(13)17-15(18)20/h3-8H,1-2H3,(H,17,20). The molecule has 0 aliphatic carbocycles. The Balaban J connectivity index is 2.39. The van der Waals surface area contributed by atoms with Crippen molar-refractivity contribution in [2.75, 3.05) is 7.11 Å². The van der Waals surface area contributed by atoms with E-state index in [-0.39, 0.29) is 5.75 Å². The highest BCUT2D eigenvalue weighted by atomic mass is 32.1. The second-order valence-electron chi connectivity index (χ2n) is 4.56. The summed E-state index contributed by atoms with van der Waals surface area (Å²) in [4.78, 5) is 3.03. The number of para-hydroxylation sites is 1. The molecule has 1 N–H and O–H groups in total. The zero-order valence-corrected chi connectivity index (χ0v) is 11.9. The number of H-pyrrole nitrogens is 1. The molecule has 0 spiro atoms. The summed E-state index contributed by atoms with van der Waals surface area (Å²) >= 11 is 5.36. The first kappa shape index (κ1) is 12.9. The lowest BCUT2D eigenvalue weighted by molar-refractivity contribution is 0.387. The van der Waals surface area contributed by atoms with E-state index in [1.54, 1.807) is 6.07 Å². The third kappa shape index (κ3) is 1.91. The Bertz CT molecular complexity index is 851. The van der Waals surface area contributed by atoms with Crippen LogP contribution < -0.4 is 4.74 Å². The minimum atomic E-state index is -0.409. The highest BCUT2D eigenvalue weighted by molar-refractivity contribution is 7.71. The Labute approximate surface area is 120 Å². The maximum atomic E-state index is 13.8. The second kappa shape index (κ2) is 4.76. The predicted octanol–water partition coefficient (Wildman–Crippen LogP) is 4.14. The molecule has 0 saturated carbocycles. The first-order valence-electron chi connectivity index (χ1n) is 6.16. The van der Waals surface area contributed by atoms with Crippen LogP contribution in [0.4, 0.5) is 4.39 Å². The van der Waals surface area contributed by atoms with Crippen LogP contribution in [0, 0.1) is 17.5 Å². The molecule has 5 heteroatoms. The van der Waals surface area contributed by atoms with Crippen molar-refractivity contribution in [3.05, 3.63) is 52.5 Å². The number of benzene rings is 2. The SMILES string of the molecule is COc1cc2c(cc1F)[nH]c(=S)n2-c1ccccc1C. The summed E-state index contributed by atoms with van der Waals surface area (Å²) in [5, 5.41) is 0. The van der Waals surface area contributed by atoms with Gasteiger partial charge in [0.1, 0.15) is 0 Å². The van der Waals surface area contributed by atoms with Crippen LogP contribution in [0.2, 0.25) is 0 Å². The van der Waals surface area contributed by atoms with Crippen molar-refractivity contribution in [3.63, 3.8) is 0 Å². The van der Waals surface area contributed by atoms with Crippen molar-refractivity contribution < 1.29 is 9.13 Å². The Kier molecular flexibility index (Phi) is 3.06. The average Bonchev–Trinajstić information content (AvgIpc) is 2.73. The quantitative estimate of drug-likeness (QED) is 0.718. The van der Waals surface area contributed by atoms with E-state index in [9.17, 15) is 4.39 Å². The molecule has 20 heavy (non-hydrogen) atoms. The molecule has 0 radical (unpaired) electrons. The first-order chi connectivity index (χ1) is 9.61. The number of aromatic nitrogens is 2. The molecule has 0 fully saturated rings. The normalized spacial score (nSPS) is 10.9. The number of aryl methyl sites for hydroxylation is 1. The minimum Gasteiger partial charge on any atom is -0.494 e. The third-order valence-electron chi connectivity index (χ3n) is 3.31. The van der Waals surface area contributed by atoms with Crippen molar-refractivity contribution in [1.82, 2.24) is 9.55 Å². The van der Waals surface area contributed by atoms with Gasteiger partial charge in [-0.1, -0.05) is 18.2 Å². The zero-order valence-electron chi connectivity index (χ0n) is 11.1. The van der Waals surface area contributed by atoms with Gasteiger partial charge in [-0.25, -0.2) is 4.39 Å². The number of rotatable bonds is 2. The van der Waals surface area contributed by atoms with Crippen molar-refractivity contribution >= 4 is 23.3 Å². The minimum absolute atomic E-state index is 0.203. The van der Waals surface area contributed by atoms with Crippen molar-refractivity contribution in [2.45, 2.75) is 6.92 Å². The molecular formula is C15H13FN2OS. The van der Waals surface area contributed by atoms with Gasteiger partial charge in [-0.2, -0.15) is 0 Å². The lowest BCUT2D eigenvalue weighted by atomic mass is 10.2. The molecule has 1 heterocycles. The number of nitrogens with one attached hydrogen (secondary N) is 1. The van der Waals surface area contributed by atoms with Gasteiger partial charge in [0, 0.05) is 12.1 Å². The number of imidazole rings is 1. The van der Waals surface area contributed by atoms with Crippen LogP contribution in [0.15, 0.2) is 36.4 Å². The molecule has 0 bridgehead atoms. The van der Waals surface area contributed by atoms with Gasteiger partial charge in [0.15, 0.2) is 16.3 Å². The van der Waals surface area contributed by atoms with Gasteiger partial charge in [0.2, 0.25) is 0 Å². The lowest BCUT2D eigenvalue weighted by Crippen LogP contribution is -1.97. The maximum absolute atomic E-state index is 13.8. The van der Waals surface area contributed by atoms with Crippen LogP contribution in [0.25, 0.3) is 16.7 Å². The number of hydrogen-bond acceptors (Lipinski definition) is 2. The van der Waals surface area contributed by atoms with Gasteiger partial charge in [-0.05, 0) is 30.8 Å². The Morgan fingerprint density at radius 3 is 2.70 bits per heavy atom. The van der Waals surface area contributed by atoms with Crippen LogP contribution in [0.1, 0.15) is 5.56 Å². The van der Waals surface area contributed by atoms with Crippen LogP contribution in [-0.4, -0.2) is 16.7 Å². The number of halogens is 1.